The molecule has 0 fully saturated rings. The molecule has 0 bridgehead atoms. The molecule has 0 saturated heterocycles. The van der Waals surface area contributed by atoms with Crippen LogP contribution in [0.15, 0.2) is 24.3 Å². The van der Waals surface area contributed by atoms with Gasteiger partial charge in [-0.15, -0.1) is 11.3 Å². The lowest BCUT2D eigenvalue weighted by molar-refractivity contribution is 0.211. The van der Waals surface area contributed by atoms with Gasteiger partial charge in [0.1, 0.15) is 0 Å². The van der Waals surface area contributed by atoms with Crippen LogP contribution in [0.1, 0.15) is 4.88 Å². The van der Waals surface area contributed by atoms with Crippen LogP contribution in [0.4, 0.5) is 5.13 Å². The quantitative estimate of drug-likeness (QED) is 0.846. The second-order valence-corrected chi connectivity index (χ2v) is 5.49. The van der Waals surface area contributed by atoms with Gasteiger partial charge in [0, 0.05) is 29.1 Å². The fraction of sp³-hybridized carbons (Fsp3) is 0.308. The number of rotatable bonds is 5. The molecule has 0 unspecified atom stereocenters. The Morgan fingerprint density at radius 2 is 2.06 bits per heavy atom. The molecule has 1 aromatic heterocycles. The second kappa shape index (κ2) is 6.18. The van der Waals surface area contributed by atoms with Crippen LogP contribution in [-0.2, 0) is 4.74 Å². The Labute approximate surface area is 116 Å². The normalized spacial score (nSPS) is 10.6. The van der Waals surface area contributed by atoms with Crippen molar-refractivity contribution in [1.82, 2.24) is 4.98 Å². The summed E-state index contributed by atoms with van der Waals surface area (Å²) in [6.45, 7) is 3.52. The third kappa shape index (κ3) is 3.22. The molecule has 0 saturated carbocycles. The van der Waals surface area contributed by atoms with Crippen molar-refractivity contribution in [3.8, 4) is 11.3 Å². The summed E-state index contributed by atoms with van der Waals surface area (Å²) in [5, 5.41) is 4.91. The average molecular weight is 283 g/mol. The van der Waals surface area contributed by atoms with E-state index < -0.39 is 0 Å². The number of methoxy groups -OCH3 is 1. The molecular formula is C13H15ClN2OS. The van der Waals surface area contributed by atoms with Gasteiger partial charge in [0.25, 0.3) is 0 Å². The average Bonchev–Trinajstić information content (AvgIpc) is 2.72. The zero-order chi connectivity index (χ0) is 13.0. The SMILES string of the molecule is COCCNc1nc(-c2ccc(Cl)cc2)c(C)s1. The third-order valence-electron chi connectivity index (χ3n) is 2.50. The van der Waals surface area contributed by atoms with E-state index in [-0.39, 0.29) is 0 Å². The van der Waals surface area contributed by atoms with E-state index in [1.54, 1.807) is 18.4 Å². The molecule has 0 aliphatic carbocycles. The van der Waals surface area contributed by atoms with Crippen molar-refractivity contribution in [2.24, 2.45) is 0 Å². The smallest absolute Gasteiger partial charge is 0.183 e. The Balaban J connectivity index is 2.16. The summed E-state index contributed by atoms with van der Waals surface area (Å²) in [5.41, 5.74) is 2.10. The molecule has 0 atom stereocenters. The van der Waals surface area contributed by atoms with Crippen molar-refractivity contribution >= 4 is 28.1 Å². The zero-order valence-electron chi connectivity index (χ0n) is 10.4. The number of hydrogen-bond donors (Lipinski definition) is 1. The lowest BCUT2D eigenvalue weighted by Gasteiger charge is -2.00. The predicted molar refractivity (Wildman–Crippen MR) is 77.7 cm³/mol. The van der Waals surface area contributed by atoms with Crippen molar-refractivity contribution in [1.29, 1.82) is 0 Å². The molecule has 5 heteroatoms. The molecule has 1 heterocycles. The summed E-state index contributed by atoms with van der Waals surface area (Å²) in [7, 11) is 1.69. The van der Waals surface area contributed by atoms with Crippen LogP contribution in [-0.4, -0.2) is 25.2 Å². The van der Waals surface area contributed by atoms with Gasteiger partial charge in [-0.1, -0.05) is 23.7 Å². The summed E-state index contributed by atoms with van der Waals surface area (Å²) in [6.07, 6.45) is 0. The number of nitrogens with zero attached hydrogens (tertiary/aromatic N) is 1. The molecule has 2 aromatic rings. The lowest BCUT2D eigenvalue weighted by Crippen LogP contribution is -2.06. The highest BCUT2D eigenvalue weighted by Gasteiger charge is 2.09. The van der Waals surface area contributed by atoms with Gasteiger partial charge < -0.3 is 10.1 Å². The first-order valence-corrected chi connectivity index (χ1v) is 6.86. The lowest BCUT2D eigenvalue weighted by atomic mass is 10.1. The molecular weight excluding hydrogens is 268 g/mol. The predicted octanol–water partition coefficient (Wildman–Crippen LogP) is 3.83. The van der Waals surface area contributed by atoms with Crippen molar-refractivity contribution < 1.29 is 4.74 Å². The Morgan fingerprint density at radius 3 is 2.72 bits per heavy atom. The molecule has 1 N–H and O–H groups in total. The number of aromatic nitrogens is 1. The number of anilines is 1. The van der Waals surface area contributed by atoms with Crippen LogP contribution < -0.4 is 5.32 Å². The highest BCUT2D eigenvalue weighted by Crippen LogP contribution is 2.30. The van der Waals surface area contributed by atoms with Crippen LogP contribution in [0.2, 0.25) is 5.02 Å². The number of thiazole rings is 1. The van der Waals surface area contributed by atoms with E-state index in [4.69, 9.17) is 16.3 Å². The van der Waals surface area contributed by atoms with Gasteiger partial charge in [0.05, 0.1) is 12.3 Å². The van der Waals surface area contributed by atoms with Gasteiger partial charge in [-0.25, -0.2) is 4.98 Å². The first-order chi connectivity index (χ1) is 8.70. The van der Waals surface area contributed by atoms with Crippen molar-refractivity contribution in [3.63, 3.8) is 0 Å². The van der Waals surface area contributed by atoms with Gasteiger partial charge in [-0.2, -0.15) is 0 Å². The van der Waals surface area contributed by atoms with E-state index >= 15 is 0 Å². The molecule has 2 rings (SSSR count). The minimum absolute atomic E-state index is 0.676. The molecule has 0 aliphatic heterocycles. The number of aryl methyl sites for hydroxylation is 1. The van der Waals surface area contributed by atoms with Crippen molar-refractivity contribution in [2.45, 2.75) is 6.92 Å². The fourth-order valence-corrected chi connectivity index (χ4v) is 2.59. The summed E-state index contributed by atoms with van der Waals surface area (Å²) in [4.78, 5) is 5.78. The summed E-state index contributed by atoms with van der Waals surface area (Å²) >= 11 is 7.54. The highest BCUT2D eigenvalue weighted by atomic mass is 35.5. The standard InChI is InChI=1S/C13H15ClN2OS/c1-9-12(10-3-5-11(14)6-4-10)16-13(18-9)15-7-8-17-2/h3-6H,7-8H2,1-2H3,(H,15,16). The maximum absolute atomic E-state index is 5.88. The molecule has 0 spiro atoms. The maximum Gasteiger partial charge on any atom is 0.183 e. The van der Waals surface area contributed by atoms with E-state index in [1.807, 2.05) is 24.3 Å². The summed E-state index contributed by atoms with van der Waals surface area (Å²) in [6, 6.07) is 7.74. The van der Waals surface area contributed by atoms with Crippen LogP contribution in [0.5, 0.6) is 0 Å². The van der Waals surface area contributed by atoms with E-state index in [0.29, 0.717) is 6.61 Å². The van der Waals surface area contributed by atoms with Crippen molar-refractivity contribution in [2.75, 3.05) is 25.6 Å². The Hall–Kier alpha value is -1.10. The van der Waals surface area contributed by atoms with Crippen LogP contribution >= 0.6 is 22.9 Å². The third-order valence-corrected chi connectivity index (χ3v) is 3.68. The first-order valence-electron chi connectivity index (χ1n) is 5.67. The molecule has 0 aliphatic rings. The molecule has 96 valence electrons. The number of halogens is 1. The molecule has 18 heavy (non-hydrogen) atoms. The zero-order valence-corrected chi connectivity index (χ0v) is 11.9. The Morgan fingerprint density at radius 1 is 1.33 bits per heavy atom. The number of hydrogen-bond acceptors (Lipinski definition) is 4. The minimum Gasteiger partial charge on any atom is -0.383 e. The molecule has 0 radical (unpaired) electrons. The fourth-order valence-electron chi connectivity index (χ4n) is 1.61. The van der Waals surface area contributed by atoms with E-state index in [2.05, 4.69) is 17.2 Å². The van der Waals surface area contributed by atoms with Crippen LogP contribution in [0.25, 0.3) is 11.3 Å². The van der Waals surface area contributed by atoms with Gasteiger partial charge in [0.15, 0.2) is 5.13 Å². The molecule has 0 amide bonds. The van der Waals surface area contributed by atoms with Crippen LogP contribution in [0, 0.1) is 6.92 Å². The van der Waals surface area contributed by atoms with E-state index in [9.17, 15) is 0 Å². The Kier molecular flexibility index (Phi) is 4.58. The second-order valence-electron chi connectivity index (χ2n) is 3.85. The maximum atomic E-state index is 5.88. The van der Waals surface area contributed by atoms with Crippen molar-refractivity contribution in [3.05, 3.63) is 34.2 Å². The Bertz CT molecular complexity index is 510. The summed E-state index contributed by atoms with van der Waals surface area (Å²) < 4.78 is 5.00. The topological polar surface area (TPSA) is 34.1 Å². The molecule has 1 aromatic carbocycles. The van der Waals surface area contributed by atoms with Gasteiger partial charge >= 0.3 is 0 Å². The van der Waals surface area contributed by atoms with Gasteiger partial charge in [0.2, 0.25) is 0 Å². The molecule has 3 nitrogen and oxygen atoms in total. The van der Waals surface area contributed by atoms with Gasteiger partial charge in [-0.05, 0) is 19.1 Å². The van der Waals surface area contributed by atoms with E-state index in [1.165, 1.54) is 4.88 Å². The monoisotopic (exact) mass is 282 g/mol. The first kappa shape index (κ1) is 13.3. The highest BCUT2D eigenvalue weighted by molar-refractivity contribution is 7.16. The van der Waals surface area contributed by atoms with E-state index in [0.717, 1.165) is 28.0 Å². The number of nitrogens with one attached hydrogen (secondary N) is 1. The minimum atomic E-state index is 0.676. The number of benzene rings is 1. The largest absolute Gasteiger partial charge is 0.383 e. The number of ether oxygens (including phenoxy) is 1. The summed E-state index contributed by atoms with van der Waals surface area (Å²) in [5.74, 6) is 0. The van der Waals surface area contributed by atoms with Crippen LogP contribution in [0.3, 0.4) is 0 Å². The van der Waals surface area contributed by atoms with Gasteiger partial charge in [-0.3, -0.25) is 0 Å².